The van der Waals surface area contributed by atoms with Crippen LogP contribution in [0.1, 0.15) is 22.7 Å². The Morgan fingerprint density at radius 1 is 1.10 bits per heavy atom. The van der Waals surface area contributed by atoms with Gasteiger partial charge in [-0.2, -0.15) is 0 Å². The molecule has 0 amide bonds. The molecule has 0 aliphatic heterocycles. The molecular formula is C16H17F2NS. The van der Waals surface area contributed by atoms with Crippen LogP contribution >= 0.6 is 11.8 Å². The van der Waals surface area contributed by atoms with Crippen LogP contribution in [-0.2, 0) is 0 Å². The fourth-order valence-corrected chi connectivity index (χ4v) is 3.04. The molecular weight excluding hydrogens is 276 g/mol. The molecule has 2 N–H and O–H groups in total. The summed E-state index contributed by atoms with van der Waals surface area (Å²) in [7, 11) is 0. The highest BCUT2D eigenvalue weighted by atomic mass is 32.2. The molecule has 2 aromatic rings. The maximum absolute atomic E-state index is 13.6. The van der Waals surface area contributed by atoms with Gasteiger partial charge in [-0.15, -0.1) is 11.8 Å². The average molecular weight is 293 g/mol. The van der Waals surface area contributed by atoms with Crippen LogP contribution in [0.3, 0.4) is 0 Å². The van der Waals surface area contributed by atoms with E-state index in [-0.39, 0.29) is 0 Å². The lowest BCUT2D eigenvalue weighted by Crippen LogP contribution is -2.15. The molecule has 0 bridgehead atoms. The molecule has 1 nitrogen and oxygen atoms in total. The Bertz CT molecular complexity index is 613. The largest absolute Gasteiger partial charge is 0.323 e. The molecule has 106 valence electrons. The molecule has 20 heavy (non-hydrogen) atoms. The highest BCUT2D eigenvalue weighted by Crippen LogP contribution is 2.28. The lowest BCUT2D eigenvalue weighted by atomic mass is 10.1. The van der Waals surface area contributed by atoms with Gasteiger partial charge in [-0.25, -0.2) is 8.78 Å². The summed E-state index contributed by atoms with van der Waals surface area (Å²) in [6.07, 6.45) is 0. The van der Waals surface area contributed by atoms with E-state index in [2.05, 4.69) is 18.2 Å². The Kier molecular flexibility index (Phi) is 4.78. The van der Waals surface area contributed by atoms with Gasteiger partial charge in [0.15, 0.2) is 0 Å². The van der Waals surface area contributed by atoms with Gasteiger partial charge >= 0.3 is 0 Å². The van der Waals surface area contributed by atoms with E-state index in [4.69, 9.17) is 5.73 Å². The number of hydrogen-bond donors (Lipinski definition) is 1. The highest BCUT2D eigenvalue weighted by molar-refractivity contribution is 7.99. The van der Waals surface area contributed by atoms with E-state index in [0.717, 1.165) is 11.0 Å². The predicted octanol–water partition coefficient (Wildman–Crippen LogP) is 4.37. The summed E-state index contributed by atoms with van der Waals surface area (Å²) in [5, 5.41) is 0. The normalized spacial score (nSPS) is 12.4. The zero-order valence-corrected chi connectivity index (χ0v) is 12.3. The van der Waals surface area contributed by atoms with Crippen molar-refractivity contribution in [1.82, 2.24) is 0 Å². The van der Waals surface area contributed by atoms with Crippen LogP contribution < -0.4 is 5.73 Å². The van der Waals surface area contributed by atoms with E-state index < -0.39 is 17.7 Å². The highest BCUT2D eigenvalue weighted by Gasteiger charge is 2.13. The van der Waals surface area contributed by atoms with E-state index in [1.54, 1.807) is 11.8 Å². The molecule has 2 aromatic carbocycles. The van der Waals surface area contributed by atoms with E-state index in [1.807, 2.05) is 13.8 Å². The van der Waals surface area contributed by atoms with Crippen molar-refractivity contribution in [3.8, 4) is 0 Å². The van der Waals surface area contributed by atoms with Gasteiger partial charge < -0.3 is 5.73 Å². The second kappa shape index (κ2) is 6.37. The van der Waals surface area contributed by atoms with Crippen LogP contribution in [0.15, 0.2) is 41.3 Å². The predicted molar refractivity (Wildman–Crippen MR) is 79.9 cm³/mol. The summed E-state index contributed by atoms with van der Waals surface area (Å²) in [4.78, 5) is 1.14. The molecule has 0 aromatic heterocycles. The Morgan fingerprint density at radius 2 is 1.85 bits per heavy atom. The van der Waals surface area contributed by atoms with E-state index in [0.29, 0.717) is 11.3 Å². The minimum atomic E-state index is -0.584. The van der Waals surface area contributed by atoms with Crippen molar-refractivity contribution in [3.63, 3.8) is 0 Å². The van der Waals surface area contributed by atoms with Crippen LogP contribution in [0.25, 0.3) is 0 Å². The molecule has 0 fully saturated rings. The van der Waals surface area contributed by atoms with Crippen LogP contribution in [-0.4, -0.2) is 5.75 Å². The maximum Gasteiger partial charge on any atom is 0.130 e. The second-order valence-electron chi connectivity index (χ2n) is 4.85. The van der Waals surface area contributed by atoms with Crippen molar-refractivity contribution >= 4 is 11.8 Å². The van der Waals surface area contributed by atoms with Crippen molar-refractivity contribution in [2.75, 3.05) is 5.75 Å². The second-order valence-corrected chi connectivity index (χ2v) is 5.91. The SMILES string of the molecule is Cc1ccc(C)c(SCC(N)c2ccc(F)cc2F)c1. The van der Waals surface area contributed by atoms with Gasteiger partial charge in [0.1, 0.15) is 11.6 Å². The summed E-state index contributed by atoms with van der Waals surface area (Å²) < 4.78 is 26.5. The average Bonchev–Trinajstić information content (AvgIpc) is 2.39. The number of benzene rings is 2. The monoisotopic (exact) mass is 293 g/mol. The van der Waals surface area contributed by atoms with Crippen LogP contribution in [0.5, 0.6) is 0 Å². The lowest BCUT2D eigenvalue weighted by molar-refractivity contribution is 0.563. The van der Waals surface area contributed by atoms with Crippen molar-refractivity contribution in [1.29, 1.82) is 0 Å². The Morgan fingerprint density at radius 3 is 2.55 bits per heavy atom. The van der Waals surface area contributed by atoms with Gasteiger partial charge in [0.05, 0.1) is 0 Å². The number of hydrogen-bond acceptors (Lipinski definition) is 2. The van der Waals surface area contributed by atoms with Gasteiger partial charge in [0.25, 0.3) is 0 Å². The standard InChI is InChI=1S/C16H17F2NS/c1-10-3-4-11(2)16(7-10)20-9-15(19)13-6-5-12(17)8-14(13)18/h3-8,15H,9,19H2,1-2H3. The summed E-state index contributed by atoms with van der Waals surface area (Å²) in [6, 6.07) is 9.27. The molecule has 4 heteroatoms. The van der Waals surface area contributed by atoms with Gasteiger partial charge in [-0.1, -0.05) is 23.8 Å². The Balaban J connectivity index is 2.08. The van der Waals surface area contributed by atoms with Crippen molar-refractivity contribution in [3.05, 3.63) is 64.7 Å². The van der Waals surface area contributed by atoms with E-state index >= 15 is 0 Å². The van der Waals surface area contributed by atoms with Crippen molar-refractivity contribution in [2.24, 2.45) is 5.73 Å². The summed E-state index contributed by atoms with van der Waals surface area (Å²) in [6.45, 7) is 4.06. The zero-order chi connectivity index (χ0) is 14.7. The topological polar surface area (TPSA) is 26.0 Å². The number of nitrogens with two attached hydrogens (primary N) is 1. The van der Waals surface area contributed by atoms with E-state index in [9.17, 15) is 8.78 Å². The molecule has 0 spiro atoms. The minimum absolute atomic E-state index is 0.351. The van der Waals surface area contributed by atoms with Gasteiger partial charge in [-0.05, 0) is 31.5 Å². The molecule has 0 aliphatic carbocycles. The van der Waals surface area contributed by atoms with Crippen molar-refractivity contribution in [2.45, 2.75) is 24.8 Å². The smallest absolute Gasteiger partial charge is 0.130 e. The lowest BCUT2D eigenvalue weighted by Gasteiger charge is -2.14. The summed E-state index contributed by atoms with van der Waals surface area (Å²) >= 11 is 1.59. The third-order valence-corrected chi connectivity index (χ3v) is 4.40. The minimum Gasteiger partial charge on any atom is -0.323 e. The Hall–Kier alpha value is -1.39. The van der Waals surface area contributed by atoms with Gasteiger partial charge in [0, 0.05) is 28.3 Å². The Labute approximate surface area is 122 Å². The summed E-state index contributed by atoms with van der Waals surface area (Å²) in [5.74, 6) is -0.618. The zero-order valence-electron chi connectivity index (χ0n) is 11.5. The fourth-order valence-electron chi connectivity index (χ4n) is 1.93. The van der Waals surface area contributed by atoms with Crippen molar-refractivity contribution < 1.29 is 8.78 Å². The van der Waals surface area contributed by atoms with Crippen LogP contribution in [0.2, 0.25) is 0 Å². The number of halogens is 2. The first-order valence-corrected chi connectivity index (χ1v) is 7.36. The molecule has 1 unspecified atom stereocenters. The van der Waals surface area contributed by atoms with Gasteiger partial charge in [-0.3, -0.25) is 0 Å². The van der Waals surface area contributed by atoms with Crippen LogP contribution in [0.4, 0.5) is 8.78 Å². The molecule has 0 aliphatic rings. The molecule has 0 radical (unpaired) electrons. The third kappa shape index (κ3) is 3.58. The molecule has 0 saturated heterocycles. The molecule has 0 heterocycles. The van der Waals surface area contributed by atoms with Crippen LogP contribution in [0, 0.1) is 25.5 Å². The summed E-state index contributed by atoms with van der Waals surface area (Å²) in [5.41, 5.74) is 8.70. The van der Waals surface area contributed by atoms with E-state index in [1.165, 1.54) is 23.3 Å². The maximum atomic E-state index is 13.6. The molecule has 0 saturated carbocycles. The third-order valence-electron chi connectivity index (χ3n) is 3.12. The first kappa shape index (κ1) is 15.0. The first-order chi connectivity index (χ1) is 9.47. The molecule has 2 rings (SSSR count). The van der Waals surface area contributed by atoms with Gasteiger partial charge in [0.2, 0.25) is 0 Å². The number of thioether (sulfide) groups is 1. The number of rotatable bonds is 4. The number of aryl methyl sites for hydroxylation is 2. The molecule has 1 atom stereocenters. The first-order valence-electron chi connectivity index (χ1n) is 6.38. The fraction of sp³-hybridized carbons (Fsp3) is 0.250. The quantitative estimate of drug-likeness (QED) is 0.847.